The van der Waals surface area contributed by atoms with E-state index < -0.39 is 0 Å². The Labute approximate surface area is 133 Å². The van der Waals surface area contributed by atoms with Gasteiger partial charge in [0.2, 0.25) is 4.80 Å². The summed E-state index contributed by atoms with van der Waals surface area (Å²) in [5.41, 5.74) is 3.21. The maximum Gasteiger partial charge on any atom is 0.211 e. The molecule has 0 aliphatic heterocycles. The van der Waals surface area contributed by atoms with E-state index in [9.17, 15) is 0 Å². The average molecular weight is 307 g/mol. The molecule has 0 aliphatic carbocycles. The summed E-state index contributed by atoms with van der Waals surface area (Å²) in [5, 5.41) is 8.68. The number of aryl methyl sites for hydroxylation is 1. The monoisotopic (exact) mass is 307 g/mol. The van der Waals surface area contributed by atoms with Crippen molar-refractivity contribution in [1.29, 1.82) is 0 Å². The molecule has 0 unspecified atom stereocenters. The molecule has 0 aliphatic rings. The van der Waals surface area contributed by atoms with E-state index in [0.29, 0.717) is 0 Å². The Kier molecular flexibility index (Phi) is 4.30. The van der Waals surface area contributed by atoms with Gasteiger partial charge in [-0.2, -0.15) is 5.10 Å². The number of aromatic nitrogens is 1. The first-order valence-electron chi connectivity index (χ1n) is 7.10. The summed E-state index contributed by atoms with van der Waals surface area (Å²) in [6.07, 6.45) is 4.02. The zero-order valence-corrected chi connectivity index (χ0v) is 13.4. The zero-order valence-electron chi connectivity index (χ0n) is 12.6. The van der Waals surface area contributed by atoms with Crippen molar-refractivity contribution in [3.05, 3.63) is 71.0 Å². The Morgan fingerprint density at radius 2 is 1.77 bits per heavy atom. The van der Waals surface area contributed by atoms with E-state index in [0.717, 1.165) is 16.1 Å². The molecular formula is C18H17N3S. The van der Waals surface area contributed by atoms with Crippen LogP contribution < -0.4 is 4.80 Å². The maximum atomic E-state index is 4.37. The van der Waals surface area contributed by atoms with Crippen LogP contribution >= 0.6 is 11.3 Å². The zero-order chi connectivity index (χ0) is 15.4. The van der Waals surface area contributed by atoms with Crippen molar-refractivity contribution in [2.75, 3.05) is 0 Å². The minimum atomic E-state index is 0.876. The molecule has 3 nitrogen and oxygen atoms in total. The van der Waals surface area contributed by atoms with E-state index in [4.69, 9.17) is 0 Å². The number of para-hydroxylation sites is 1. The first kappa shape index (κ1) is 14.5. The van der Waals surface area contributed by atoms with Crippen LogP contribution in [-0.4, -0.2) is 10.3 Å². The molecule has 3 rings (SSSR count). The number of benzene rings is 2. The van der Waals surface area contributed by atoms with Gasteiger partial charge in [0, 0.05) is 7.05 Å². The third kappa shape index (κ3) is 3.23. The summed E-state index contributed by atoms with van der Waals surface area (Å²) in [7, 11) is 2.02. The fourth-order valence-electron chi connectivity index (χ4n) is 2.11. The molecule has 0 saturated carbocycles. The number of allylic oxidation sites excluding steroid dienone is 1. The molecule has 0 amide bonds. The van der Waals surface area contributed by atoms with Gasteiger partial charge in [0.1, 0.15) is 0 Å². The molecule has 1 heterocycles. The number of rotatable bonds is 3. The fraction of sp³-hybridized carbons (Fsp3) is 0.111. The lowest BCUT2D eigenvalue weighted by Gasteiger charge is -1.93. The lowest BCUT2D eigenvalue weighted by molar-refractivity contribution is 0.888. The van der Waals surface area contributed by atoms with Gasteiger partial charge in [0.15, 0.2) is 0 Å². The smallest absolute Gasteiger partial charge is 0.211 e. The van der Waals surface area contributed by atoms with E-state index >= 15 is 0 Å². The molecule has 1 aromatic heterocycles. The standard InChI is InChI=1S/C18H17N3S/c1-14(12-13-15-8-4-3-5-9-15)19-20-18-21(2)16-10-6-7-11-17(16)22-18/h3-13H,1-2H3/b13-12-,19-14+,20-18+. The fourth-order valence-corrected chi connectivity index (χ4v) is 3.08. The van der Waals surface area contributed by atoms with Gasteiger partial charge < -0.3 is 4.57 Å². The second kappa shape index (κ2) is 6.54. The molecule has 4 heteroatoms. The third-order valence-corrected chi connectivity index (χ3v) is 4.43. The molecule has 0 atom stereocenters. The van der Waals surface area contributed by atoms with E-state index in [1.807, 2.05) is 56.5 Å². The number of hydrogen-bond acceptors (Lipinski definition) is 3. The summed E-state index contributed by atoms with van der Waals surface area (Å²) >= 11 is 1.65. The number of hydrogen-bond donors (Lipinski definition) is 0. The molecule has 0 bridgehead atoms. The van der Waals surface area contributed by atoms with Gasteiger partial charge in [-0.3, -0.25) is 0 Å². The van der Waals surface area contributed by atoms with Crippen molar-refractivity contribution >= 4 is 33.3 Å². The van der Waals surface area contributed by atoms with Crippen molar-refractivity contribution < 1.29 is 0 Å². The first-order valence-corrected chi connectivity index (χ1v) is 7.92. The van der Waals surface area contributed by atoms with Crippen LogP contribution in [0.5, 0.6) is 0 Å². The van der Waals surface area contributed by atoms with Crippen LogP contribution in [0.3, 0.4) is 0 Å². The summed E-state index contributed by atoms with van der Waals surface area (Å²) in [4.78, 5) is 0.897. The molecule has 0 radical (unpaired) electrons. The van der Waals surface area contributed by atoms with Gasteiger partial charge in [-0.1, -0.05) is 59.9 Å². The van der Waals surface area contributed by atoms with Gasteiger partial charge in [-0.15, -0.1) is 5.10 Å². The second-order valence-electron chi connectivity index (χ2n) is 5.00. The van der Waals surface area contributed by atoms with Crippen molar-refractivity contribution in [2.45, 2.75) is 6.92 Å². The Morgan fingerprint density at radius 3 is 2.55 bits per heavy atom. The van der Waals surface area contributed by atoms with E-state index in [1.165, 1.54) is 10.2 Å². The van der Waals surface area contributed by atoms with Gasteiger partial charge in [-0.05, 0) is 30.7 Å². The van der Waals surface area contributed by atoms with Crippen LogP contribution in [0.1, 0.15) is 12.5 Å². The van der Waals surface area contributed by atoms with Crippen LogP contribution in [0.15, 0.2) is 70.9 Å². The predicted molar refractivity (Wildman–Crippen MR) is 94.9 cm³/mol. The molecule has 22 heavy (non-hydrogen) atoms. The summed E-state index contributed by atoms with van der Waals surface area (Å²) in [6, 6.07) is 18.5. The largest absolute Gasteiger partial charge is 0.318 e. The number of nitrogens with zero attached hydrogens (tertiary/aromatic N) is 3. The SMILES string of the molecule is CC(/C=C\c1ccccc1)=N\N=c1\sc2ccccc2n1C. The quantitative estimate of drug-likeness (QED) is 0.512. The third-order valence-electron chi connectivity index (χ3n) is 3.32. The highest BCUT2D eigenvalue weighted by molar-refractivity contribution is 7.16. The molecule has 0 fully saturated rings. The van der Waals surface area contributed by atoms with Crippen molar-refractivity contribution in [3.8, 4) is 0 Å². The van der Waals surface area contributed by atoms with E-state index in [-0.39, 0.29) is 0 Å². The number of fused-ring (bicyclic) bond motifs is 1. The van der Waals surface area contributed by atoms with Gasteiger partial charge in [0.25, 0.3) is 0 Å². The Bertz CT molecular complexity index is 899. The minimum Gasteiger partial charge on any atom is -0.318 e. The van der Waals surface area contributed by atoms with Gasteiger partial charge in [-0.25, -0.2) is 0 Å². The maximum absolute atomic E-state index is 4.37. The van der Waals surface area contributed by atoms with Crippen molar-refractivity contribution in [2.24, 2.45) is 17.3 Å². The highest BCUT2D eigenvalue weighted by Crippen LogP contribution is 2.15. The molecule has 3 aromatic rings. The molecule has 2 aromatic carbocycles. The Balaban J connectivity index is 1.87. The van der Waals surface area contributed by atoms with Crippen LogP contribution in [0.25, 0.3) is 16.3 Å². The minimum absolute atomic E-state index is 0.876. The van der Waals surface area contributed by atoms with Crippen molar-refractivity contribution in [1.82, 2.24) is 4.57 Å². The van der Waals surface area contributed by atoms with Crippen LogP contribution in [0.4, 0.5) is 0 Å². The average Bonchev–Trinajstić information content (AvgIpc) is 2.88. The summed E-state index contributed by atoms with van der Waals surface area (Å²) in [5.74, 6) is 0. The predicted octanol–water partition coefficient (Wildman–Crippen LogP) is 4.23. The lowest BCUT2D eigenvalue weighted by Crippen LogP contribution is -2.09. The highest BCUT2D eigenvalue weighted by Gasteiger charge is 2.00. The summed E-state index contributed by atoms with van der Waals surface area (Å²) in [6.45, 7) is 1.95. The van der Waals surface area contributed by atoms with Gasteiger partial charge in [0.05, 0.1) is 15.9 Å². The highest BCUT2D eigenvalue weighted by atomic mass is 32.1. The van der Waals surface area contributed by atoms with E-state index in [2.05, 4.69) is 39.0 Å². The molecule has 110 valence electrons. The molecule has 0 spiro atoms. The Morgan fingerprint density at radius 1 is 1.05 bits per heavy atom. The normalized spacial score (nSPS) is 13.4. The topological polar surface area (TPSA) is 29.6 Å². The van der Waals surface area contributed by atoms with Crippen molar-refractivity contribution in [3.63, 3.8) is 0 Å². The van der Waals surface area contributed by atoms with Crippen LogP contribution in [-0.2, 0) is 7.05 Å². The Hall–Kier alpha value is -2.46. The first-order chi connectivity index (χ1) is 10.7. The van der Waals surface area contributed by atoms with Crippen LogP contribution in [0, 0.1) is 0 Å². The lowest BCUT2D eigenvalue weighted by atomic mass is 10.2. The van der Waals surface area contributed by atoms with E-state index in [1.54, 1.807) is 11.3 Å². The summed E-state index contributed by atoms with van der Waals surface area (Å²) < 4.78 is 3.29. The van der Waals surface area contributed by atoms with Gasteiger partial charge >= 0.3 is 0 Å². The molecule has 0 saturated heterocycles. The van der Waals surface area contributed by atoms with Crippen LogP contribution in [0.2, 0.25) is 0 Å². The molecular weight excluding hydrogens is 290 g/mol. The second-order valence-corrected chi connectivity index (χ2v) is 6.01. The molecule has 0 N–H and O–H groups in total. The number of thiazole rings is 1.